The van der Waals surface area contributed by atoms with Gasteiger partial charge in [0.2, 0.25) is 0 Å². The molecule has 10 heteroatoms. The van der Waals surface area contributed by atoms with Crippen molar-refractivity contribution in [2.75, 3.05) is 11.9 Å². The molecule has 0 radical (unpaired) electrons. The fourth-order valence-electron chi connectivity index (χ4n) is 3.24. The molecule has 0 atom stereocenters. The first kappa shape index (κ1) is 24.3. The highest BCUT2D eigenvalue weighted by Crippen LogP contribution is 2.31. The van der Waals surface area contributed by atoms with Crippen LogP contribution in [0.25, 0.3) is 11.1 Å². The van der Waals surface area contributed by atoms with Crippen LogP contribution in [0.3, 0.4) is 0 Å². The monoisotopic (exact) mass is 533 g/mol. The van der Waals surface area contributed by atoms with Crippen LogP contribution in [0.1, 0.15) is 17.0 Å². The summed E-state index contributed by atoms with van der Waals surface area (Å²) in [5.74, 6) is 0.574. The third kappa shape index (κ3) is 6.18. The lowest BCUT2D eigenvalue weighted by Crippen LogP contribution is -2.37. The van der Waals surface area contributed by atoms with E-state index < -0.39 is 5.91 Å². The standard InChI is InChI=1S/C24H18Cl3N3O3S/c1-13-8-16(26)10-18(27)23(13)32-12-21(31)30-24(34)28-17-5-2-14(3-6-17)9-22-29-19-11-15(25)4-7-20(19)33-22/h2-8,10-11H,9,12H2,1H3,(H2,28,30,31,34). The maximum absolute atomic E-state index is 12.2. The molecule has 4 rings (SSSR count). The van der Waals surface area contributed by atoms with Crippen molar-refractivity contribution in [3.05, 3.63) is 86.7 Å². The fraction of sp³-hybridized carbons (Fsp3) is 0.125. The van der Waals surface area contributed by atoms with Crippen LogP contribution in [0, 0.1) is 6.92 Å². The Labute approximate surface area is 216 Å². The number of fused-ring (bicyclic) bond motifs is 1. The van der Waals surface area contributed by atoms with Gasteiger partial charge in [-0.05, 0) is 72.7 Å². The van der Waals surface area contributed by atoms with E-state index in [2.05, 4.69) is 15.6 Å². The molecule has 0 fully saturated rings. The van der Waals surface area contributed by atoms with Crippen molar-refractivity contribution < 1.29 is 13.9 Å². The molecule has 1 heterocycles. The van der Waals surface area contributed by atoms with E-state index in [9.17, 15) is 4.79 Å². The number of nitrogens with zero attached hydrogens (tertiary/aromatic N) is 1. The minimum Gasteiger partial charge on any atom is -0.482 e. The molecular weight excluding hydrogens is 517 g/mol. The van der Waals surface area contributed by atoms with E-state index in [1.165, 1.54) is 0 Å². The summed E-state index contributed by atoms with van der Waals surface area (Å²) in [7, 11) is 0. The average molecular weight is 535 g/mol. The Kier molecular flexibility index (Phi) is 7.58. The number of thiocarbonyl (C=S) groups is 1. The molecule has 4 aromatic rings. The Balaban J connectivity index is 1.28. The molecule has 0 saturated heterocycles. The number of ether oxygens (including phenoxy) is 1. The van der Waals surface area contributed by atoms with Gasteiger partial charge in [-0.2, -0.15) is 0 Å². The Morgan fingerprint density at radius 3 is 2.56 bits per heavy atom. The van der Waals surface area contributed by atoms with Crippen LogP contribution < -0.4 is 15.4 Å². The van der Waals surface area contributed by atoms with Crippen molar-refractivity contribution in [3.8, 4) is 5.75 Å². The number of hydrogen-bond donors (Lipinski definition) is 2. The van der Waals surface area contributed by atoms with Crippen molar-refractivity contribution in [2.45, 2.75) is 13.3 Å². The van der Waals surface area contributed by atoms with Gasteiger partial charge >= 0.3 is 0 Å². The fourth-order valence-corrected chi connectivity index (χ4v) is 4.29. The number of amides is 1. The van der Waals surface area contributed by atoms with Crippen molar-refractivity contribution in [3.63, 3.8) is 0 Å². The summed E-state index contributed by atoms with van der Waals surface area (Å²) in [5.41, 5.74) is 3.86. The maximum Gasteiger partial charge on any atom is 0.264 e. The first-order valence-corrected chi connectivity index (χ1v) is 11.6. The summed E-state index contributed by atoms with van der Waals surface area (Å²) in [4.78, 5) is 16.7. The van der Waals surface area contributed by atoms with Crippen LogP contribution in [-0.2, 0) is 11.2 Å². The Morgan fingerprint density at radius 2 is 1.82 bits per heavy atom. The van der Waals surface area contributed by atoms with Crippen molar-refractivity contribution in [1.82, 2.24) is 10.3 Å². The summed E-state index contributed by atoms with van der Waals surface area (Å²) < 4.78 is 11.3. The lowest BCUT2D eigenvalue weighted by molar-refractivity contribution is -0.121. The van der Waals surface area contributed by atoms with Crippen LogP contribution >= 0.6 is 47.0 Å². The van der Waals surface area contributed by atoms with Crippen LogP contribution in [0.15, 0.2) is 59.0 Å². The van der Waals surface area contributed by atoms with Gasteiger partial charge < -0.3 is 14.5 Å². The number of oxazole rings is 1. The number of rotatable bonds is 6. The van der Waals surface area contributed by atoms with Crippen molar-refractivity contribution in [1.29, 1.82) is 0 Å². The normalized spacial score (nSPS) is 10.8. The van der Waals surface area contributed by atoms with E-state index in [1.807, 2.05) is 24.3 Å². The lowest BCUT2D eigenvalue weighted by Gasteiger charge is -2.13. The summed E-state index contributed by atoms with van der Waals surface area (Å²) in [6.07, 6.45) is 0.526. The topological polar surface area (TPSA) is 76.4 Å². The largest absolute Gasteiger partial charge is 0.482 e. The zero-order valence-corrected chi connectivity index (χ0v) is 20.9. The Bertz CT molecular complexity index is 1350. The first-order chi connectivity index (χ1) is 16.3. The second-order valence-electron chi connectivity index (χ2n) is 7.42. The molecule has 3 aromatic carbocycles. The SMILES string of the molecule is Cc1cc(Cl)cc(Cl)c1OCC(=O)NC(=S)Nc1ccc(Cc2nc3cc(Cl)ccc3o2)cc1. The third-order valence-electron chi connectivity index (χ3n) is 4.76. The number of anilines is 1. The highest BCUT2D eigenvalue weighted by Gasteiger charge is 2.12. The van der Waals surface area contributed by atoms with Gasteiger partial charge in [0.05, 0.1) is 5.02 Å². The predicted molar refractivity (Wildman–Crippen MR) is 139 cm³/mol. The van der Waals surface area contributed by atoms with E-state index in [1.54, 1.807) is 37.3 Å². The first-order valence-electron chi connectivity index (χ1n) is 10.1. The van der Waals surface area contributed by atoms with Gasteiger partial charge in [0.25, 0.3) is 5.91 Å². The number of halogens is 3. The van der Waals surface area contributed by atoms with Gasteiger partial charge in [-0.3, -0.25) is 10.1 Å². The highest BCUT2D eigenvalue weighted by atomic mass is 35.5. The van der Waals surface area contributed by atoms with Gasteiger partial charge in [-0.25, -0.2) is 4.98 Å². The van der Waals surface area contributed by atoms with Gasteiger partial charge in [0.1, 0.15) is 11.3 Å². The number of nitrogens with one attached hydrogen (secondary N) is 2. The molecule has 0 aliphatic heterocycles. The summed E-state index contributed by atoms with van der Waals surface area (Å²) in [6.45, 7) is 1.54. The zero-order valence-electron chi connectivity index (χ0n) is 17.8. The lowest BCUT2D eigenvalue weighted by atomic mass is 10.1. The van der Waals surface area contributed by atoms with E-state index in [-0.39, 0.29) is 11.7 Å². The Hall–Kier alpha value is -2.84. The molecule has 2 N–H and O–H groups in total. The molecule has 0 unspecified atom stereocenters. The predicted octanol–water partition coefficient (Wildman–Crippen LogP) is 6.58. The number of benzene rings is 3. The van der Waals surface area contributed by atoms with Gasteiger partial charge in [0, 0.05) is 22.2 Å². The van der Waals surface area contributed by atoms with Crippen LogP contribution in [0.5, 0.6) is 5.75 Å². The van der Waals surface area contributed by atoms with Gasteiger partial charge in [0.15, 0.2) is 23.2 Å². The molecule has 34 heavy (non-hydrogen) atoms. The molecular formula is C24H18Cl3N3O3S. The average Bonchev–Trinajstić information content (AvgIpc) is 3.15. The maximum atomic E-state index is 12.2. The van der Waals surface area contributed by atoms with Gasteiger partial charge in [-0.15, -0.1) is 0 Å². The molecule has 0 aliphatic carbocycles. The number of aromatic nitrogens is 1. The summed E-state index contributed by atoms with van der Waals surface area (Å²) in [6, 6.07) is 16.1. The molecule has 6 nitrogen and oxygen atoms in total. The van der Waals surface area contributed by atoms with Crippen molar-refractivity contribution in [2.24, 2.45) is 0 Å². The summed E-state index contributed by atoms with van der Waals surface area (Å²) >= 11 is 23.3. The van der Waals surface area contributed by atoms with Crippen molar-refractivity contribution >= 4 is 74.8 Å². The number of carbonyl (C=O) groups is 1. The molecule has 0 aliphatic rings. The number of carbonyl (C=O) groups excluding carboxylic acids is 1. The van der Waals surface area contributed by atoms with Crippen LogP contribution in [0.2, 0.25) is 15.1 Å². The van der Waals surface area contributed by atoms with Crippen LogP contribution in [0.4, 0.5) is 5.69 Å². The number of hydrogen-bond acceptors (Lipinski definition) is 5. The van der Waals surface area contributed by atoms with Crippen LogP contribution in [-0.4, -0.2) is 22.6 Å². The molecule has 174 valence electrons. The molecule has 0 bridgehead atoms. The molecule has 0 spiro atoms. The quantitative estimate of drug-likeness (QED) is 0.272. The van der Waals surface area contributed by atoms with Gasteiger partial charge in [-0.1, -0.05) is 46.9 Å². The molecule has 1 aromatic heterocycles. The number of aryl methyl sites for hydroxylation is 1. The molecule has 1 amide bonds. The van der Waals surface area contributed by atoms with E-state index in [0.29, 0.717) is 38.7 Å². The zero-order chi connectivity index (χ0) is 24.2. The minimum atomic E-state index is -0.421. The molecule has 0 saturated carbocycles. The summed E-state index contributed by atoms with van der Waals surface area (Å²) in [5, 5.41) is 7.13. The Morgan fingerprint density at radius 1 is 1.06 bits per heavy atom. The minimum absolute atomic E-state index is 0.149. The third-order valence-corrected chi connectivity index (χ3v) is 5.69. The van der Waals surface area contributed by atoms with E-state index in [0.717, 1.165) is 22.3 Å². The second-order valence-corrected chi connectivity index (χ2v) is 9.11. The van der Waals surface area contributed by atoms with E-state index >= 15 is 0 Å². The highest BCUT2D eigenvalue weighted by molar-refractivity contribution is 7.80. The smallest absolute Gasteiger partial charge is 0.264 e. The van der Waals surface area contributed by atoms with E-state index in [4.69, 9.17) is 56.2 Å². The second kappa shape index (κ2) is 10.6.